The number of hydrogen-bond donors (Lipinski definition) is 3. The van der Waals surface area contributed by atoms with Crippen molar-refractivity contribution in [1.82, 2.24) is 10.3 Å². The molecule has 0 radical (unpaired) electrons. The molecule has 1 heterocycles. The van der Waals surface area contributed by atoms with Crippen LogP contribution in [0.4, 0.5) is 0 Å². The average Bonchev–Trinajstić information content (AvgIpc) is 2.27. The molecule has 0 bridgehead atoms. The van der Waals surface area contributed by atoms with Gasteiger partial charge in [0.05, 0.1) is 13.0 Å². The fourth-order valence-corrected chi connectivity index (χ4v) is 1.05. The van der Waals surface area contributed by atoms with Crippen LogP contribution in [0, 0.1) is 0 Å². The van der Waals surface area contributed by atoms with Crippen molar-refractivity contribution in [2.75, 3.05) is 6.54 Å². The van der Waals surface area contributed by atoms with Crippen molar-refractivity contribution in [3.63, 3.8) is 0 Å². The quantitative estimate of drug-likeness (QED) is 0.607. The van der Waals surface area contributed by atoms with E-state index < -0.39 is 12.1 Å². The minimum absolute atomic E-state index is 0.111. The summed E-state index contributed by atoms with van der Waals surface area (Å²) >= 11 is 0. The number of aromatic nitrogens is 1. The second-order valence-electron chi connectivity index (χ2n) is 3.20. The Labute approximate surface area is 91.9 Å². The number of hydrogen-bond acceptors (Lipinski definition) is 4. The molecule has 16 heavy (non-hydrogen) atoms. The minimum atomic E-state index is -1.57. The Morgan fingerprint density at radius 1 is 1.50 bits per heavy atom. The van der Waals surface area contributed by atoms with Gasteiger partial charge in [-0.15, -0.1) is 0 Å². The number of carboxylic acids is 1. The molecule has 0 fully saturated rings. The van der Waals surface area contributed by atoms with E-state index in [9.17, 15) is 9.59 Å². The summed E-state index contributed by atoms with van der Waals surface area (Å²) in [6.45, 7) is -0.297. The maximum Gasteiger partial charge on any atom is 0.334 e. The lowest BCUT2D eigenvalue weighted by Crippen LogP contribution is -2.37. The average molecular weight is 224 g/mol. The van der Waals surface area contributed by atoms with Crippen molar-refractivity contribution in [2.45, 2.75) is 12.5 Å². The van der Waals surface area contributed by atoms with Gasteiger partial charge in [-0.05, 0) is 11.6 Å². The molecule has 0 spiro atoms. The van der Waals surface area contributed by atoms with Crippen molar-refractivity contribution in [1.29, 1.82) is 0 Å². The molecule has 1 aromatic heterocycles. The predicted molar refractivity (Wildman–Crippen MR) is 54.6 cm³/mol. The molecule has 1 aromatic rings. The SMILES string of the molecule is O=C(Cc1cccnc1)NC[C@H](O)C(=O)O. The van der Waals surface area contributed by atoms with E-state index in [2.05, 4.69) is 10.3 Å². The Morgan fingerprint density at radius 2 is 2.25 bits per heavy atom. The third kappa shape index (κ3) is 4.05. The van der Waals surface area contributed by atoms with Gasteiger partial charge in [-0.1, -0.05) is 6.07 Å². The standard InChI is InChI=1S/C10H12N2O4/c13-8(10(15)16)6-12-9(14)4-7-2-1-3-11-5-7/h1-3,5,8,13H,4,6H2,(H,12,14)(H,15,16)/t8-/m0/s1. The van der Waals surface area contributed by atoms with Crippen molar-refractivity contribution in [3.05, 3.63) is 30.1 Å². The van der Waals surface area contributed by atoms with Gasteiger partial charge in [-0.3, -0.25) is 9.78 Å². The Kier molecular flexibility index (Phi) is 4.41. The van der Waals surface area contributed by atoms with Crippen molar-refractivity contribution < 1.29 is 19.8 Å². The van der Waals surface area contributed by atoms with E-state index >= 15 is 0 Å². The highest BCUT2D eigenvalue weighted by molar-refractivity contribution is 5.79. The lowest BCUT2D eigenvalue weighted by molar-refractivity contribution is -0.146. The number of carboxylic acid groups (broad SMARTS) is 1. The Balaban J connectivity index is 2.35. The Hall–Kier alpha value is -1.95. The number of carbonyl (C=O) groups is 2. The summed E-state index contributed by atoms with van der Waals surface area (Å²) in [5, 5.41) is 19.6. The molecule has 0 aliphatic heterocycles. The highest BCUT2D eigenvalue weighted by Crippen LogP contribution is 1.96. The van der Waals surface area contributed by atoms with Crippen LogP contribution in [0.1, 0.15) is 5.56 Å². The maximum atomic E-state index is 11.3. The van der Waals surface area contributed by atoms with Gasteiger partial charge < -0.3 is 15.5 Å². The molecule has 1 rings (SSSR count). The topological polar surface area (TPSA) is 99.5 Å². The fraction of sp³-hybridized carbons (Fsp3) is 0.300. The van der Waals surface area contributed by atoms with Gasteiger partial charge in [-0.2, -0.15) is 0 Å². The molecule has 0 aliphatic rings. The van der Waals surface area contributed by atoms with E-state index in [1.165, 1.54) is 0 Å². The van der Waals surface area contributed by atoms with Crippen molar-refractivity contribution in [2.24, 2.45) is 0 Å². The predicted octanol–water partition coefficient (Wildman–Crippen LogP) is -0.814. The van der Waals surface area contributed by atoms with E-state index in [0.29, 0.717) is 0 Å². The van der Waals surface area contributed by atoms with Crippen LogP contribution in [0.25, 0.3) is 0 Å². The molecule has 1 amide bonds. The first kappa shape index (κ1) is 12.1. The number of carbonyl (C=O) groups excluding carboxylic acids is 1. The molecule has 1 atom stereocenters. The first-order valence-electron chi connectivity index (χ1n) is 4.66. The summed E-state index contributed by atoms with van der Waals surface area (Å²) in [6, 6.07) is 3.44. The summed E-state index contributed by atoms with van der Waals surface area (Å²) in [7, 11) is 0. The zero-order valence-corrected chi connectivity index (χ0v) is 8.46. The number of rotatable bonds is 5. The van der Waals surface area contributed by atoms with E-state index in [4.69, 9.17) is 10.2 Å². The smallest absolute Gasteiger partial charge is 0.334 e. The molecule has 0 saturated heterocycles. The van der Waals surface area contributed by atoms with Gasteiger partial charge in [0.2, 0.25) is 5.91 Å². The van der Waals surface area contributed by atoms with Crippen molar-refractivity contribution in [3.8, 4) is 0 Å². The van der Waals surface area contributed by atoms with Gasteiger partial charge >= 0.3 is 5.97 Å². The van der Waals surface area contributed by atoms with Crippen LogP contribution in [-0.4, -0.2) is 39.7 Å². The monoisotopic (exact) mass is 224 g/mol. The van der Waals surface area contributed by atoms with Crippen LogP contribution in [0.15, 0.2) is 24.5 Å². The number of nitrogens with one attached hydrogen (secondary N) is 1. The zero-order chi connectivity index (χ0) is 12.0. The molecule has 0 aliphatic carbocycles. The Bertz CT molecular complexity index is 366. The number of amides is 1. The third-order valence-electron chi connectivity index (χ3n) is 1.87. The van der Waals surface area contributed by atoms with Crippen LogP contribution in [0.5, 0.6) is 0 Å². The Morgan fingerprint density at radius 3 is 2.81 bits per heavy atom. The van der Waals surface area contributed by atoms with Gasteiger partial charge in [0.25, 0.3) is 0 Å². The molecule has 6 nitrogen and oxygen atoms in total. The van der Waals surface area contributed by atoms with E-state index in [0.717, 1.165) is 5.56 Å². The largest absolute Gasteiger partial charge is 0.479 e. The number of pyridine rings is 1. The molecule has 3 N–H and O–H groups in total. The lowest BCUT2D eigenvalue weighted by atomic mass is 10.2. The van der Waals surface area contributed by atoms with Gasteiger partial charge in [0.15, 0.2) is 6.10 Å². The second kappa shape index (κ2) is 5.82. The highest BCUT2D eigenvalue weighted by Gasteiger charge is 2.13. The third-order valence-corrected chi connectivity index (χ3v) is 1.87. The zero-order valence-electron chi connectivity index (χ0n) is 8.46. The van der Waals surface area contributed by atoms with Crippen LogP contribution >= 0.6 is 0 Å². The van der Waals surface area contributed by atoms with Crippen molar-refractivity contribution >= 4 is 11.9 Å². The van der Waals surface area contributed by atoms with Crippen LogP contribution in [0.2, 0.25) is 0 Å². The van der Waals surface area contributed by atoms with Gasteiger partial charge in [0.1, 0.15) is 0 Å². The van der Waals surface area contributed by atoms with Crippen LogP contribution in [-0.2, 0) is 16.0 Å². The van der Waals surface area contributed by atoms with Gasteiger partial charge in [0, 0.05) is 12.4 Å². The summed E-state index contributed by atoms with van der Waals surface area (Å²) in [5.41, 5.74) is 0.727. The van der Waals surface area contributed by atoms with E-state index in [1.807, 2.05) is 0 Å². The normalized spacial score (nSPS) is 11.8. The molecular weight excluding hydrogens is 212 g/mol. The minimum Gasteiger partial charge on any atom is -0.479 e. The molecule has 6 heteroatoms. The van der Waals surface area contributed by atoms with E-state index in [-0.39, 0.29) is 18.9 Å². The maximum absolute atomic E-state index is 11.3. The first-order valence-corrected chi connectivity index (χ1v) is 4.66. The molecule has 0 saturated carbocycles. The summed E-state index contributed by atoms with van der Waals surface area (Å²) in [4.78, 5) is 25.4. The van der Waals surface area contributed by atoms with E-state index in [1.54, 1.807) is 24.5 Å². The second-order valence-corrected chi connectivity index (χ2v) is 3.20. The summed E-state index contributed by atoms with van der Waals surface area (Å²) in [6.07, 6.45) is 1.68. The molecule has 86 valence electrons. The summed E-state index contributed by atoms with van der Waals surface area (Å²) < 4.78 is 0. The number of nitrogens with zero attached hydrogens (tertiary/aromatic N) is 1. The number of aliphatic hydroxyl groups is 1. The lowest BCUT2D eigenvalue weighted by Gasteiger charge is -2.07. The molecule has 0 aromatic carbocycles. The van der Waals surface area contributed by atoms with Crippen LogP contribution < -0.4 is 5.32 Å². The number of aliphatic carboxylic acids is 1. The number of aliphatic hydroxyl groups excluding tert-OH is 1. The first-order chi connectivity index (χ1) is 7.59. The highest BCUT2D eigenvalue weighted by atomic mass is 16.4. The molecular formula is C10H12N2O4. The molecule has 0 unspecified atom stereocenters. The fourth-order valence-electron chi connectivity index (χ4n) is 1.05. The summed E-state index contributed by atoms with van der Waals surface area (Å²) in [5.74, 6) is -1.71. The van der Waals surface area contributed by atoms with Gasteiger partial charge in [-0.25, -0.2) is 4.79 Å². The van der Waals surface area contributed by atoms with Crippen LogP contribution in [0.3, 0.4) is 0 Å².